The highest BCUT2D eigenvalue weighted by Gasteiger charge is 2.36. The number of fused-ring (bicyclic) bond motifs is 2. The first-order chi connectivity index (χ1) is 7.85. The third kappa shape index (κ3) is 2.55. The summed E-state index contributed by atoms with van der Waals surface area (Å²) >= 11 is 0. The lowest BCUT2D eigenvalue weighted by Crippen LogP contribution is -2.57. The minimum absolute atomic E-state index is 0.440. The number of hydrogen-bond donors (Lipinski definition) is 1. The summed E-state index contributed by atoms with van der Waals surface area (Å²) in [5, 5.41) is 12.3. The van der Waals surface area contributed by atoms with Crippen molar-refractivity contribution < 1.29 is 9.94 Å². The van der Waals surface area contributed by atoms with Crippen molar-refractivity contribution in [3.05, 3.63) is 0 Å². The van der Waals surface area contributed by atoms with Crippen LogP contribution in [0.15, 0.2) is 5.16 Å². The van der Waals surface area contributed by atoms with E-state index in [2.05, 4.69) is 17.0 Å². The van der Waals surface area contributed by atoms with Crippen LogP contribution in [0.1, 0.15) is 39.0 Å². The summed E-state index contributed by atoms with van der Waals surface area (Å²) in [7, 11) is 0. The normalized spacial score (nSPS) is 30.4. The molecule has 1 N–H and O–H groups in total. The van der Waals surface area contributed by atoms with Crippen LogP contribution in [-0.2, 0) is 4.74 Å². The lowest BCUT2D eigenvalue weighted by molar-refractivity contribution is -0.0535. The first-order valence-electron chi connectivity index (χ1n) is 6.38. The minimum Gasteiger partial charge on any atom is -0.411 e. The highest BCUT2D eigenvalue weighted by Crippen LogP contribution is 2.26. The molecule has 0 amide bonds. The van der Waals surface area contributed by atoms with E-state index in [1.165, 1.54) is 25.8 Å². The largest absolute Gasteiger partial charge is 0.411 e. The summed E-state index contributed by atoms with van der Waals surface area (Å²) in [5.41, 5.74) is 0.949. The fourth-order valence-electron chi connectivity index (χ4n) is 2.80. The van der Waals surface area contributed by atoms with Crippen LogP contribution in [0, 0.1) is 0 Å². The second kappa shape index (κ2) is 5.64. The van der Waals surface area contributed by atoms with E-state index in [0.29, 0.717) is 12.1 Å². The molecule has 92 valence electrons. The van der Waals surface area contributed by atoms with Crippen molar-refractivity contribution in [1.29, 1.82) is 0 Å². The molecular formula is C12H22N2O2. The molecule has 2 fully saturated rings. The van der Waals surface area contributed by atoms with Crippen LogP contribution >= 0.6 is 0 Å². The van der Waals surface area contributed by atoms with E-state index in [4.69, 9.17) is 9.94 Å². The molecule has 2 unspecified atom stereocenters. The zero-order valence-corrected chi connectivity index (χ0v) is 10.1. The molecule has 0 aliphatic carbocycles. The van der Waals surface area contributed by atoms with Gasteiger partial charge in [-0.2, -0.15) is 0 Å². The summed E-state index contributed by atoms with van der Waals surface area (Å²) in [5.74, 6) is 0. The number of morpholine rings is 1. The third-order valence-electron chi connectivity index (χ3n) is 3.66. The van der Waals surface area contributed by atoms with Crippen molar-refractivity contribution >= 4 is 5.71 Å². The Hall–Kier alpha value is -0.610. The first kappa shape index (κ1) is 11.9. The topological polar surface area (TPSA) is 45.1 Å². The van der Waals surface area contributed by atoms with Gasteiger partial charge < -0.3 is 9.94 Å². The highest BCUT2D eigenvalue weighted by molar-refractivity contribution is 5.85. The SMILES string of the molecule is CCCCCN1C2COCC1CC(=NO)C2. The van der Waals surface area contributed by atoms with Crippen molar-refractivity contribution in [1.82, 2.24) is 4.90 Å². The van der Waals surface area contributed by atoms with Crippen molar-refractivity contribution in [2.75, 3.05) is 19.8 Å². The summed E-state index contributed by atoms with van der Waals surface area (Å²) in [6, 6.07) is 0.880. The number of unbranched alkanes of at least 4 members (excludes halogenated alkanes) is 2. The van der Waals surface area contributed by atoms with Gasteiger partial charge >= 0.3 is 0 Å². The van der Waals surface area contributed by atoms with Crippen LogP contribution < -0.4 is 0 Å². The molecule has 0 radical (unpaired) electrons. The summed E-state index contributed by atoms with van der Waals surface area (Å²) < 4.78 is 5.59. The van der Waals surface area contributed by atoms with E-state index in [-0.39, 0.29) is 0 Å². The zero-order valence-electron chi connectivity index (χ0n) is 10.1. The Kier molecular flexibility index (Phi) is 4.18. The second-order valence-corrected chi connectivity index (χ2v) is 4.86. The Labute approximate surface area is 97.3 Å². The van der Waals surface area contributed by atoms with E-state index < -0.39 is 0 Å². The minimum atomic E-state index is 0.440. The van der Waals surface area contributed by atoms with Gasteiger partial charge in [0.25, 0.3) is 0 Å². The molecule has 4 nitrogen and oxygen atoms in total. The number of nitrogens with zero attached hydrogens (tertiary/aromatic N) is 2. The molecule has 2 saturated heterocycles. The number of hydrogen-bond acceptors (Lipinski definition) is 4. The molecule has 2 heterocycles. The van der Waals surface area contributed by atoms with Crippen LogP contribution in [-0.4, -0.2) is 47.7 Å². The molecule has 0 saturated carbocycles. The lowest BCUT2D eigenvalue weighted by atomic mass is 9.92. The van der Waals surface area contributed by atoms with E-state index in [9.17, 15) is 0 Å². The molecule has 0 spiro atoms. The quantitative estimate of drug-likeness (QED) is 0.452. The van der Waals surface area contributed by atoms with Crippen LogP contribution in [0.5, 0.6) is 0 Å². The molecule has 2 bridgehead atoms. The van der Waals surface area contributed by atoms with Gasteiger partial charge in [-0.3, -0.25) is 4.90 Å². The molecule has 0 aromatic rings. The fourth-order valence-corrected chi connectivity index (χ4v) is 2.80. The molecule has 2 atom stereocenters. The van der Waals surface area contributed by atoms with E-state index in [1.807, 2.05) is 0 Å². The Morgan fingerprint density at radius 3 is 2.56 bits per heavy atom. The third-order valence-corrected chi connectivity index (χ3v) is 3.66. The van der Waals surface area contributed by atoms with E-state index in [1.54, 1.807) is 0 Å². The Morgan fingerprint density at radius 2 is 2.00 bits per heavy atom. The van der Waals surface area contributed by atoms with Crippen LogP contribution in [0.4, 0.5) is 0 Å². The fraction of sp³-hybridized carbons (Fsp3) is 0.917. The predicted molar refractivity (Wildman–Crippen MR) is 63.1 cm³/mol. The Balaban J connectivity index is 1.92. The predicted octanol–water partition coefficient (Wildman–Crippen LogP) is 1.87. The second-order valence-electron chi connectivity index (χ2n) is 4.86. The van der Waals surface area contributed by atoms with Gasteiger partial charge in [-0.05, 0) is 13.0 Å². The molecule has 2 aliphatic rings. The van der Waals surface area contributed by atoms with Gasteiger partial charge in [0.1, 0.15) is 0 Å². The van der Waals surface area contributed by atoms with Crippen LogP contribution in [0.25, 0.3) is 0 Å². The van der Waals surface area contributed by atoms with E-state index >= 15 is 0 Å². The molecule has 16 heavy (non-hydrogen) atoms. The van der Waals surface area contributed by atoms with Gasteiger partial charge in [-0.25, -0.2) is 0 Å². The molecular weight excluding hydrogens is 204 g/mol. The number of piperidine rings is 1. The average Bonchev–Trinajstić information content (AvgIpc) is 2.28. The van der Waals surface area contributed by atoms with Gasteiger partial charge in [0.2, 0.25) is 0 Å². The lowest BCUT2D eigenvalue weighted by Gasteiger charge is -2.45. The summed E-state index contributed by atoms with van der Waals surface area (Å²) in [6.07, 6.45) is 5.59. The number of oxime groups is 1. The van der Waals surface area contributed by atoms with Crippen LogP contribution in [0.2, 0.25) is 0 Å². The number of ether oxygens (including phenoxy) is 1. The first-order valence-corrected chi connectivity index (χ1v) is 6.38. The maximum absolute atomic E-state index is 8.88. The molecule has 4 heteroatoms. The van der Waals surface area contributed by atoms with Crippen molar-refractivity contribution in [3.63, 3.8) is 0 Å². The van der Waals surface area contributed by atoms with Crippen molar-refractivity contribution in [2.45, 2.75) is 51.1 Å². The average molecular weight is 226 g/mol. The summed E-state index contributed by atoms with van der Waals surface area (Å²) in [4.78, 5) is 2.56. The molecule has 0 aromatic heterocycles. The van der Waals surface area contributed by atoms with Gasteiger partial charge in [0.15, 0.2) is 0 Å². The van der Waals surface area contributed by atoms with Crippen molar-refractivity contribution in [2.24, 2.45) is 5.16 Å². The van der Waals surface area contributed by atoms with Gasteiger partial charge in [0, 0.05) is 24.9 Å². The van der Waals surface area contributed by atoms with Gasteiger partial charge in [-0.1, -0.05) is 24.9 Å². The molecule has 2 aliphatic heterocycles. The van der Waals surface area contributed by atoms with E-state index in [0.717, 1.165) is 31.8 Å². The molecule has 2 rings (SSSR count). The van der Waals surface area contributed by atoms with Crippen molar-refractivity contribution in [3.8, 4) is 0 Å². The number of rotatable bonds is 4. The maximum Gasteiger partial charge on any atom is 0.0626 e. The maximum atomic E-state index is 8.88. The Morgan fingerprint density at radius 1 is 1.31 bits per heavy atom. The highest BCUT2D eigenvalue weighted by atomic mass is 16.5. The monoisotopic (exact) mass is 226 g/mol. The zero-order chi connectivity index (χ0) is 11.4. The summed E-state index contributed by atoms with van der Waals surface area (Å²) in [6.45, 7) is 4.99. The Bertz CT molecular complexity index is 239. The standard InChI is InChI=1S/C12H22N2O2/c1-2-3-4-5-14-11-6-10(13-15)7-12(14)9-16-8-11/h11-12,15H,2-9H2,1H3. The smallest absolute Gasteiger partial charge is 0.0626 e. The van der Waals surface area contributed by atoms with Gasteiger partial charge in [-0.15, -0.1) is 0 Å². The van der Waals surface area contributed by atoms with Crippen LogP contribution in [0.3, 0.4) is 0 Å². The molecule has 0 aromatic carbocycles. The van der Waals surface area contributed by atoms with Gasteiger partial charge in [0.05, 0.1) is 18.9 Å².